The lowest BCUT2D eigenvalue weighted by Gasteiger charge is -2.34. The summed E-state index contributed by atoms with van der Waals surface area (Å²) in [5.74, 6) is 0. The summed E-state index contributed by atoms with van der Waals surface area (Å²) < 4.78 is -3.75. The third-order valence-electron chi connectivity index (χ3n) is 1.49. The number of alkyl halides is 5. The third kappa shape index (κ3) is 2.07. The number of nitriles is 1. The molecule has 0 radical (unpaired) electrons. The van der Waals surface area contributed by atoms with Crippen molar-refractivity contribution in [2.24, 2.45) is 5.10 Å². The van der Waals surface area contributed by atoms with Crippen LogP contribution in [-0.2, 0) is 0 Å². The van der Waals surface area contributed by atoms with E-state index in [-0.39, 0.29) is 0 Å². The summed E-state index contributed by atoms with van der Waals surface area (Å²) in [5, 5.41) is 12.2. The fourth-order valence-corrected chi connectivity index (χ4v) is 1.41. The minimum absolute atomic E-state index is 0.914. The van der Waals surface area contributed by atoms with E-state index in [4.69, 9.17) is 63.3 Å². The molecule has 78 valence electrons. The molecule has 1 N–H and O–H groups in total. The van der Waals surface area contributed by atoms with Crippen LogP contribution in [0.3, 0.4) is 0 Å². The van der Waals surface area contributed by atoms with Crippen molar-refractivity contribution >= 4 is 64.3 Å². The van der Waals surface area contributed by atoms with E-state index in [0.29, 0.717) is 0 Å². The van der Waals surface area contributed by atoms with Crippen molar-refractivity contribution in [1.29, 1.82) is 5.26 Å². The van der Waals surface area contributed by atoms with E-state index in [1.54, 1.807) is 6.19 Å². The second-order valence-corrected chi connectivity index (χ2v) is 6.07. The van der Waals surface area contributed by atoms with E-state index in [1.165, 1.54) is 6.34 Å². The van der Waals surface area contributed by atoms with Crippen molar-refractivity contribution in [2.75, 3.05) is 0 Å². The van der Waals surface area contributed by atoms with E-state index >= 15 is 0 Å². The van der Waals surface area contributed by atoms with Gasteiger partial charge in [0.2, 0.25) is 8.13 Å². The smallest absolute Gasteiger partial charge is 0.227 e. The first-order valence-electron chi connectivity index (χ1n) is 3.22. The largest absolute Gasteiger partial charge is 0.282 e. The summed E-state index contributed by atoms with van der Waals surface area (Å²) in [4.78, 5) is 1.04. The quantitative estimate of drug-likeness (QED) is 0.596. The Balaban J connectivity index is 2.90. The van der Waals surface area contributed by atoms with Gasteiger partial charge in [0.25, 0.3) is 0 Å². The Morgan fingerprint density at radius 3 is 2.36 bits per heavy atom. The Bertz CT molecular complexity index is 289. The van der Waals surface area contributed by atoms with Crippen LogP contribution in [0.4, 0.5) is 0 Å². The van der Waals surface area contributed by atoms with Crippen LogP contribution in [-0.4, -0.2) is 25.5 Å². The lowest BCUT2D eigenvalue weighted by atomic mass is 10.3. The standard InChI is InChI=1S/C5H3Cl5N4/c6-4(7,5(8,9)10)3-13-12-2-14(3)1-11/h2-3,13H. The minimum atomic E-state index is -1.95. The predicted octanol–water partition coefficient (Wildman–Crippen LogP) is 2.19. The van der Waals surface area contributed by atoms with Gasteiger partial charge in [-0.25, -0.2) is 4.90 Å². The maximum Gasteiger partial charge on any atom is 0.227 e. The third-order valence-corrected chi connectivity index (χ3v) is 3.95. The molecule has 4 nitrogen and oxygen atoms in total. The average molecular weight is 296 g/mol. The molecule has 1 heterocycles. The normalized spacial score (nSPS) is 22.0. The highest BCUT2D eigenvalue weighted by Crippen LogP contribution is 2.48. The SMILES string of the molecule is N#CN1C=NNC1C(Cl)(Cl)C(Cl)(Cl)Cl. The molecule has 0 bridgehead atoms. The van der Waals surface area contributed by atoms with Crippen LogP contribution in [0, 0.1) is 11.5 Å². The van der Waals surface area contributed by atoms with Crippen LogP contribution < -0.4 is 5.43 Å². The fraction of sp³-hybridized carbons (Fsp3) is 0.600. The summed E-state index contributed by atoms with van der Waals surface area (Å²) in [7, 11) is 0. The van der Waals surface area contributed by atoms with Gasteiger partial charge >= 0.3 is 0 Å². The number of hydrogen-bond donors (Lipinski definition) is 1. The van der Waals surface area contributed by atoms with Crippen LogP contribution in [0.15, 0.2) is 5.10 Å². The van der Waals surface area contributed by atoms with Gasteiger partial charge in [-0.3, -0.25) is 5.43 Å². The maximum atomic E-state index is 8.66. The average Bonchev–Trinajstić information content (AvgIpc) is 2.49. The summed E-state index contributed by atoms with van der Waals surface area (Å²) in [6, 6.07) is 0. The van der Waals surface area contributed by atoms with Crippen LogP contribution in [0.2, 0.25) is 0 Å². The van der Waals surface area contributed by atoms with Gasteiger partial charge in [0, 0.05) is 0 Å². The molecule has 14 heavy (non-hydrogen) atoms. The molecule has 1 aliphatic rings. The van der Waals surface area contributed by atoms with Crippen LogP contribution in [0.1, 0.15) is 0 Å². The number of nitrogens with zero attached hydrogens (tertiary/aromatic N) is 3. The van der Waals surface area contributed by atoms with Crippen molar-refractivity contribution < 1.29 is 0 Å². The predicted molar refractivity (Wildman–Crippen MR) is 57.6 cm³/mol. The number of rotatable bonds is 1. The highest BCUT2D eigenvalue weighted by Gasteiger charge is 2.55. The lowest BCUT2D eigenvalue weighted by Crippen LogP contribution is -2.54. The molecule has 1 aliphatic heterocycles. The number of halogens is 5. The molecular formula is C5H3Cl5N4. The zero-order chi connectivity index (χ0) is 11.0. The summed E-state index contributed by atoms with van der Waals surface area (Å²) in [6.07, 6.45) is 2.05. The molecule has 1 atom stereocenters. The Kier molecular flexibility index (Phi) is 3.50. The van der Waals surface area contributed by atoms with Gasteiger partial charge in [0.1, 0.15) is 6.34 Å². The van der Waals surface area contributed by atoms with Gasteiger partial charge in [-0.1, -0.05) is 58.0 Å². The number of nitrogens with one attached hydrogen (secondary N) is 1. The maximum absolute atomic E-state index is 8.66. The zero-order valence-corrected chi connectivity index (χ0v) is 10.2. The molecule has 1 rings (SSSR count). The van der Waals surface area contributed by atoms with E-state index in [1.807, 2.05) is 0 Å². The minimum Gasteiger partial charge on any atom is -0.282 e. The number of hydrazone groups is 1. The summed E-state index contributed by atoms with van der Waals surface area (Å²) in [6.45, 7) is 0. The molecule has 0 fully saturated rings. The van der Waals surface area contributed by atoms with Crippen molar-refractivity contribution in [3.8, 4) is 6.19 Å². The molecule has 0 aliphatic carbocycles. The van der Waals surface area contributed by atoms with Crippen molar-refractivity contribution in [1.82, 2.24) is 10.3 Å². The molecule has 0 saturated carbocycles. The Morgan fingerprint density at radius 2 is 1.93 bits per heavy atom. The van der Waals surface area contributed by atoms with Gasteiger partial charge in [0.15, 0.2) is 12.4 Å². The van der Waals surface area contributed by atoms with Gasteiger partial charge in [0.05, 0.1) is 0 Å². The second-order valence-electron chi connectivity index (χ2n) is 2.40. The van der Waals surface area contributed by atoms with Crippen LogP contribution in [0.5, 0.6) is 0 Å². The number of hydrogen-bond acceptors (Lipinski definition) is 4. The molecule has 0 aromatic carbocycles. The van der Waals surface area contributed by atoms with Gasteiger partial charge < -0.3 is 0 Å². The summed E-state index contributed by atoms with van der Waals surface area (Å²) >= 11 is 28.3. The zero-order valence-electron chi connectivity index (χ0n) is 6.39. The molecule has 0 amide bonds. The fourth-order valence-electron chi connectivity index (χ4n) is 0.789. The highest BCUT2D eigenvalue weighted by molar-refractivity contribution is 6.75. The summed E-state index contributed by atoms with van der Waals surface area (Å²) in [5.41, 5.74) is 2.46. The topological polar surface area (TPSA) is 51.4 Å². The van der Waals surface area contributed by atoms with E-state index in [9.17, 15) is 0 Å². The molecular weight excluding hydrogens is 293 g/mol. The molecule has 9 heteroatoms. The monoisotopic (exact) mass is 294 g/mol. The van der Waals surface area contributed by atoms with Gasteiger partial charge in [-0.2, -0.15) is 10.4 Å². The van der Waals surface area contributed by atoms with Crippen molar-refractivity contribution in [2.45, 2.75) is 14.3 Å². The Hall–Kier alpha value is 0.210. The first-order valence-corrected chi connectivity index (χ1v) is 5.11. The Labute approximate surface area is 105 Å². The lowest BCUT2D eigenvalue weighted by molar-refractivity contribution is 0.355. The molecule has 0 spiro atoms. The van der Waals surface area contributed by atoms with Crippen LogP contribution >= 0.6 is 58.0 Å². The highest BCUT2D eigenvalue weighted by atomic mass is 35.6. The van der Waals surface area contributed by atoms with Crippen molar-refractivity contribution in [3.05, 3.63) is 0 Å². The first kappa shape index (κ1) is 12.3. The first-order chi connectivity index (χ1) is 6.30. The molecule has 0 saturated heterocycles. The Morgan fingerprint density at radius 1 is 1.36 bits per heavy atom. The van der Waals surface area contributed by atoms with Gasteiger partial charge in [-0.05, 0) is 0 Å². The van der Waals surface area contributed by atoms with E-state index in [0.717, 1.165) is 4.90 Å². The molecule has 0 aromatic heterocycles. The van der Waals surface area contributed by atoms with Crippen LogP contribution in [0.25, 0.3) is 0 Å². The van der Waals surface area contributed by atoms with E-state index in [2.05, 4.69) is 10.5 Å². The van der Waals surface area contributed by atoms with E-state index < -0.39 is 14.3 Å². The van der Waals surface area contributed by atoms with Gasteiger partial charge in [-0.15, -0.1) is 0 Å². The second kappa shape index (κ2) is 3.99. The molecule has 0 aromatic rings. The van der Waals surface area contributed by atoms with Crippen molar-refractivity contribution in [3.63, 3.8) is 0 Å². The molecule has 1 unspecified atom stereocenters.